The zero-order chi connectivity index (χ0) is 54.0. The van der Waals surface area contributed by atoms with Gasteiger partial charge in [0.15, 0.2) is 0 Å². The molecule has 1 aromatic heterocycles. The number of unbranched alkanes of at least 4 members (excludes halogenated alkanes) is 1. The number of hydrogen-bond donors (Lipinski definition) is 13. The number of rotatable bonds is 17. The number of carbonyl (C=O) groups excluding carboxylic acids is 7. The molecule has 2 heterocycles. The van der Waals surface area contributed by atoms with Crippen molar-refractivity contribution in [1.82, 2.24) is 42.2 Å². The Bertz CT molecular complexity index is 2780. The smallest absolute Gasteiger partial charge is 0.245 e. The highest BCUT2D eigenvalue weighted by Gasteiger charge is 2.36. The maximum Gasteiger partial charge on any atom is 0.245 e. The van der Waals surface area contributed by atoms with E-state index in [-0.39, 0.29) is 45.1 Å². The summed E-state index contributed by atoms with van der Waals surface area (Å²) in [5.74, 6) is -5.75. The molecule has 0 radical (unpaired) electrons. The summed E-state index contributed by atoms with van der Waals surface area (Å²) in [5.41, 5.74) is 15.1. The monoisotopic (exact) mass is 1030 g/mol. The quantitative estimate of drug-likeness (QED) is 0.0442. The lowest BCUT2D eigenvalue weighted by Crippen LogP contribution is -2.62. The van der Waals surface area contributed by atoms with Crippen molar-refractivity contribution in [2.75, 3.05) is 13.2 Å². The van der Waals surface area contributed by atoms with Crippen LogP contribution in [0.2, 0.25) is 0 Å². The standard InChI is InChI=1S/C55H70N10O10/c1-32(67)47(31-66)64-51(71)43-24-11-10-23-42(59-49(69)40(57)27-34-15-4-3-5-16-34)50(70)62-45(28-36-19-14-18-35-17-6-7-20-38(35)36)54(74)63-46(29-37-30-58-41-22-9-8-21-39(37)41)53(73)60-44(25-12-13-26-56)52(72)65-48(33(2)68)55(75)61-43/h3-11,14-22,30,32-33,40,42-48,58,66-68H,12-13,23-29,31,56-57H2,1-2H3,(H,59,69)(H,60,73)(H,61,75)(H,62,70)(H,63,74)(H,64,71)(H,65,72)/b11-10+/t32-,33-,40-,42+,43+,44+,45+,46-,47-,48+/m1/s1. The van der Waals surface area contributed by atoms with Gasteiger partial charge in [-0.25, -0.2) is 0 Å². The number of aromatic amines is 1. The fourth-order valence-electron chi connectivity index (χ4n) is 8.90. The van der Waals surface area contributed by atoms with E-state index in [1.807, 2.05) is 72.8 Å². The Morgan fingerprint density at radius 3 is 1.99 bits per heavy atom. The van der Waals surface area contributed by atoms with Gasteiger partial charge in [-0.1, -0.05) is 103 Å². The maximum absolute atomic E-state index is 15.0. The largest absolute Gasteiger partial charge is 0.394 e. The number of hydrogen-bond acceptors (Lipinski definition) is 12. The summed E-state index contributed by atoms with van der Waals surface area (Å²) < 4.78 is 0. The van der Waals surface area contributed by atoms with Crippen molar-refractivity contribution in [3.63, 3.8) is 0 Å². The second-order valence-electron chi connectivity index (χ2n) is 19.0. The van der Waals surface area contributed by atoms with E-state index in [4.69, 9.17) is 11.5 Å². The fourth-order valence-corrected chi connectivity index (χ4v) is 8.90. The van der Waals surface area contributed by atoms with Gasteiger partial charge in [0, 0.05) is 29.9 Å². The summed E-state index contributed by atoms with van der Waals surface area (Å²) in [7, 11) is 0. The Balaban J connectivity index is 1.44. The predicted octanol–water partition coefficient (Wildman–Crippen LogP) is 0.303. The lowest BCUT2D eigenvalue weighted by molar-refractivity contribution is -0.137. The molecule has 15 N–H and O–H groups in total. The Kier molecular flexibility index (Phi) is 21.0. The molecular formula is C55H70N10O10. The normalized spacial score (nSPS) is 22.5. The van der Waals surface area contributed by atoms with Crippen molar-refractivity contribution in [3.8, 4) is 0 Å². The van der Waals surface area contributed by atoms with Gasteiger partial charge < -0.3 is 69.0 Å². The zero-order valence-electron chi connectivity index (χ0n) is 42.2. The molecular weight excluding hydrogens is 961 g/mol. The number of aromatic nitrogens is 1. The average molecular weight is 1030 g/mol. The first-order chi connectivity index (χ1) is 36.1. The van der Waals surface area contributed by atoms with Crippen LogP contribution >= 0.6 is 0 Å². The van der Waals surface area contributed by atoms with Crippen LogP contribution in [0.1, 0.15) is 62.6 Å². The van der Waals surface area contributed by atoms with Gasteiger partial charge in [-0.05, 0) is 92.4 Å². The number of aliphatic hydroxyl groups is 3. The summed E-state index contributed by atoms with van der Waals surface area (Å²) >= 11 is 0. The number of benzene rings is 4. The number of nitrogens with one attached hydrogen (secondary N) is 8. The van der Waals surface area contributed by atoms with Crippen molar-refractivity contribution in [2.45, 2.75) is 126 Å². The fraction of sp³-hybridized carbons (Fsp3) is 0.400. The molecule has 20 nitrogen and oxygen atoms in total. The molecule has 5 aromatic rings. The van der Waals surface area contributed by atoms with Crippen LogP contribution < -0.4 is 48.7 Å². The second kappa shape index (κ2) is 27.7. The third kappa shape index (κ3) is 16.0. The Morgan fingerprint density at radius 2 is 1.29 bits per heavy atom. The van der Waals surface area contributed by atoms with Gasteiger partial charge in [0.05, 0.1) is 30.9 Å². The summed E-state index contributed by atoms with van der Waals surface area (Å²) in [4.78, 5) is 104. The highest BCUT2D eigenvalue weighted by Crippen LogP contribution is 2.22. The Hall–Kier alpha value is -7.49. The van der Waals surface area contributed by atoms with Crippen molar-refractivity contribution < 1.29 is 48.9 Å². The molecule has 4 aromatic carbocycles. The van der Waals surface area contributed by atoms with Gasteiger partial charge in [-0.2, -0.15) is 0 Å². The van der Waals surface area contributed by atoms with Crippen LogP contribution in [0.3, 0.4) is 0 Å². The highest BCUT2D eigenvalue weighted by molar-refractivity contribution is 5.98. The number of carbonyl (C=O) groups is 7. The van der Waals surface area contributed by atoms with Gasteiger partial charge >= 0.3 is 0 Å². The first-order valence-corrected chi connectivity index (χ1v) is 25.3. The van der Waals surface area contributed by atoms with Gasteiger partial charge in [-0.15, -0.1) is 0 Å². The van der Waals surface area contributed by atoms with Crippen LogP contribution in [0.5, 0.6) is 0 Å². The third-order valence-electron chi connectivity index (χ3n) is 13.2. The summed E-state index contributed by atoms with van der Waals surface area (Å²) in [6.07, 6.45) is 2.19. The number of amides is 7. The molecule has 20 heteroatoms. The van der Waals surface area contributed by atoms with Crippen molar-refractivity contribution in [2.24, 2.45) is 11.5 Å². The van der Waals surface area contributed by atoms with Gasteiger partial charge in [-0.3, -0.25) is 33.6 Å². The van der Waals surface area contributed by atoms with Crippen molar-refractivity contribution in [3.05, 3.63) is 132 Å². The van der Waals surface area contributed by atoms with Gasteiger partial charge in [0.2, 0.25) is 41.4 Å². The molecule has 400 valence electrons. The molecule has 1 aliphatic heterocycles. The lowest BCUT2D eigenvalue weighted by atomic mass is 9.97. The van der Waals surface area contributed by atoms with Crippen LogP contribution in [0.4, 0.5) is 0 Å². The van der Waals surface area contributed by atoms with E-state index in [1.165, 1.54) is 26.0 Å². The van der Waals surface area contributed by atoms with E-state index in [1.54, 1.807) is 30.5 Å². The van der Waals surface area contributed by atoms with E-state index in [2.05, 4.69) is 42.2 Å². The van der Waals surface area contributed by atoms with Crippen molar-refractivity contribution >= 4 is 63.0 Å². The van der Waals surface area contributed by atoms with Crippen LogP contribution in [0.25, 0.3) is 21.7 Å². The van der Waals surface area contributed by atoms with Crippen LogP contribution in [0.15, 0.2) is 115 Å². The average Bonchev–Trinajstić information content (AvgIpc) is 3.81. The first kappa shape index (κ1) is 56.8. The molecule has 0 fully saturated rings. The molecule has 0 bridgehead atoms. The number of para-hydroxylation sites is 1. The minimum atomic E-state index is -1.68. The highest BCUT2D eigenvalue weighted by atomic mass is 16.3. The van der Waals surface area contributed by atoms with E-state index >= 15 is 4.79 Å². The molecule has 7 amide bonds. The Morgan fingerprint density at radius 1 is 0.680 bits per heavy atom. The molecule has 0 spiro atoms. The molecule has 75 heavy (non-hydrogen) atoms. The van der Waals surface area contributed by atoms with E-state index < -0.39 is 108 Å². The number of aliphatic hydroxyl groups excluding tert-OH is 3. The number of nitrogens with two attached hydrogens (primary N) is 2. The van der Waals surface area contributed by atoms with E-state index in [0.717, 1.165) is 27.2 Å². The van der Waals surface area contributed by atoms with E-state index in [9.17, 15) is 44.1 Å². The molecule has 10 atom stereocenters. The molecule has 1 aliphatic rings. The lowest BCUT2D eigenvalue weighted by Gasteiger charge is -2.29. The van der Waals surface area contributed by atoms with Gasteiger partial charge in [0.1, 0.15) is 36.3 Å². The zero-order valence-corrected chi connectivity index (χ0v) is 42.2. The summed E-state index contributed by atoms with van der Waals surface area (Å²) in [5, 5.41) is 52.4. The predicted molar refractivity (Wildman–Crippen MR) is 283 cm³/mol. The molecule has 6 rings (SSSR count). The number of fused-ring (bicyclic) bond motifs is 2. The minimum absolute atomic E-state index is 0.0241. The number of H-pyrrole nitrogens is 1. The van der Waals surface area contributed by atoms with Crippen LogP contribution in [-0.2, 0) is 52.8 Å². The SMILES string of the molecule is C[C@@H](O)[C@@H]1NC(=O)[C@H](CCCCN)NC(=O)[C@@H](Cc2c[nH]c3ccccc23)NC(=O)[C@H](Cc2cccc3ccccc23)NC(=O)[C@@H](NC(=O)[C@H](N)Cc2ccccc2)C/C=C/C[C@@H](C(=O)N[C@H](CO)[C@@H](C)O)NC1=O. The minimum Gasteiger partial charge on any atom is -0.394 e. The molecule has 0 saturated heterocycles. The molecule has 0 aliphatic carbocycles. The van der Waals surface area contributed by atoms with Crippen LogP contribution in [0, 0.1) is 0 Å². The Labute approximate surface area is 435 Å². The molecule has 0 unspecified atom stereocenters. The van der Waals surface area contributed by atoms with Crippen molar-refractivity contribution in [1.29, 1.82) is 0 Å². The third-order valence-corrected chi connectivity index (χ3v) is 13.2. The maximum atomic E-state index is 15.0. The van der Waals surface area contributed by atoms with E-state index in [0.29, 0.717) is 24.0 Å². The topological polar surface area (TPSA) is 332 Å². The second-order valence-corrected chi connectivity index (χ2v) is 19.0. The van der Waals surface area contributed by atoms with Gasteiger partial charge in [0.25, 0.3) is 0 Å². The summed E-state index contributed by atoms with van der Waals surface area (Å²) in [6, 6.07) is 18.6. The summed E-state index contributed by atoms with van der Waals surface area (Å²) in [6.45, 7) is 2.21. The first-order valence-electron chi connectivity index (χ1n) is 25.3. The molecule has 0 saturated carbocycles. The van der Waals surface area contributed by atoms with Crippen LogP contribution in [-0.4, -0.2) is 135 Å².